The molecule has 178 valence electrons. The molecule has 0 unspecified atom stereocenters. The predicted octanol–water partition coefficient (Wildman–Crippen LogP) is 5.46. The van der Waals surface area contributed by atoms with Gasteiger partial charge in [-0.25, -0.2) is 4.79 Å². The molecule has 2 amide bonds. The molecule has 1 aliphatic heterocycles. The van der Waals surface area contributed by atoms with E-state index in [9.17, 15) is 9.59 Å². The van der Waals surface area contributed by atoms with Crippen molar-refractivity contribution in [1.82, 2.24) is 5.32 Å². The molecule has 34 heavy (non-hydrogen) atoms. The van der Waals surface area contributed by atoms with Crippen LogP contribution in [0.1, 0.15) is 26.3 Å². The molecule has 7 nitrogen and oxygen atoms in total. The highest BCUT2D eigenvalue weighted by Gasteiger charge is 2.33. The van der Waals surface area contributed by atoms with Gasteiger partial charge in [-0.1, -0.05) is 40.2 Å². The van der Waals surface area contributed by atoms with Crippen LogP contribution in [0.15, 0.2) is 59.1 Å². The van der Waals surface area contributed by atoms with E-state index in [0.717, 1.165) is 32.2 Å². The molecular formula is C26H28BrN3O4. The van der Waals surface area contributed by atoms with E-state index in [1.54, 1.807) is 32.8 Å². The van der Waals surface area contributed by atoms with Gasteiger partial charge in [0.25, 0.3) is 5.91 Å². The monoisotopic (exact) mass is 525 g/mol. The summed E-state index contributed by atoms with van der Waals surface area (Å²) in [6, 6.07) is 16.7. The van der Waals surface area contributed by atoms with Crippen LogP contribution in [-0.4, -0.2) is 37.3 Å². The zero-order chi connectivity index (χ0) is 24.5. The number of amides is 2. The quantitative estimate of drug-likeness (QED) is 0.472. The first-order chi connectivity index (χ1) is 16.2. The Balaban J connectivity index is 1.75. The number of alkyl carbamates (subject to hydrolysis) is 1. The van der Waals surface area contributed by atoms with Gasteiger partial charge in [0.2, 0.25) is 0 Å². The minimum Gasteiger partial charge on any atom is -0.496 e. The van der Waals surface area contributed by atoms with E-state index in [1.807, 2.05) is 54.6 Å². The van der Waals surface area contributed by atoms with Gasteiger partial charge >= 0.3 is 6.09 Å². The predicted molar refractivity (Wildman–Crippen MR) is 137 cm³/mol. The van der Waals surface area contributed by atoms with E-state index in [2.05, 4.69) is 26.6 Å². The van der Waals surface area contributed by atoms with Gasteiger partial charge < -0.3 is 25.0 Å². The summed E-state index contributed by atoms with van der Waals surface area (Å²) in [6.07, 6.45) is -0.634. The van der Waals surface area contributed by atoms with Crippen LogP contribution in [0.5, 0.6) is 5.75 Å². The number of ether oxygens (including phenoxy) is 2. The van der Waals surface area contributed by atoms with Crippen molar-refractivity contribution in [3.63, 3.8) is 0 Å². The number of methoxy groups -OCH3 is 1. The Morgan fingerprint density at radius 3 is 2.62 bits per heavy atom. The Kier molecular flexibility index (Phi) is 6.70. The van der Waals surface area contributed by atoms with E-state index < -0.39 is 17.7 Å². The molecule has 2 N–H and O–H groups in total. The van der Waals surface area contributed by atoms with Crippen LogP contribution in [0.4, 0.5) is 16.2 Å². The summed E-state index contributed by atoms with van der Waals surface area (Å²) in [5.41, 5.74) is 1.75. The smallest absolute Gasteiger partial charge is 0.408 e. The number of nitrogens with one attached hydrogen (secondary N) is 2. The molecular weight excluding hydrogens is 498 g/mol. The molecule has 0 saturated heterocycles. The van der Waals surface area contributed by atoms with Crippen molar-refractivity contribution in [2.45, 2.75) is 39.0 Å². The lowest BCUT2D eigenvalue weighted by Crippen LogP contribution is -2.51. The standard InChI is InChI=1S/C26H28BrN3O4/c1-26(2,3)34-25(32)29-21-14-28-20-10-5-6-11-22(20)30(24(21)31)15-18-16-8-7-9-19(27)17(16)12-13-23(18)33-4/h5-13,21,28H,14-15H2,1-4H3,(H,29,32)/t21-/m0/s1. The second kappa shape index (κ2) is 9.54. The Hall–Kier alpha value is -3.26. The van der Waals surface area contributed by atoms with Gasteiger partial charge in [0.05, 0.1) is 25.0 Å². The zero-order valence-corrected chi connectivity index (χ0v) is 21.2. The number of carbonyl (C=O) groups is 2. The average molecular weight is 526 g/mol. The molecule has 3 aromatic rings. The second-order valence-corrected chi connectivity index (χ2v) is 9.96. The summed E-state index contributed by atoms with van der Waals surface area (Å²) in [5.74, 6) is 0.446. The number of carbonyl (C=O) groups excluding carboxylic acids is 2. The molecule has 3 aromatic carbocycles. The van der Waals surface area contributed by atoms with Crippen molar-refractivity contribution in [1.29, 1.82) is 0 Å². The zero-order valence-electron chi connectivity index (χ0n) is 19.6. The molecule has 1 heterocycles. The number of rotatable bonds is 4. The van der Waals surface area contributed by atoms with E-state index in [-0.39, 0.29) is 19.0 Å². The molecule has 0 aliphatic carbocycles. The molecule has 0 bridgehead atoms. The summed E-state index contributed by atoms with van der Waals surface area (Å²) >= 11 is 3.62. The fourth-order valence-electron chi connectivity index (χ4n) is 4.06. The molecule has 0 saturated carbocycles. The maximum absolute atomic E-state index is 13.8. The van der Waals surface area contributed by atoms with Crippen molar-refractivity contribution in [3.05, 3.63) is 64.6 Å². The van der Waals surface area contributed by atoms with Crippen molar-refractivity contribution < 1.29 is 19.1 Å². The third-order valence-electron chi connectivity index (χ3n) is 5.56. The molecule has 0 fully saturated rings. The fraction of sp³-hybridized carbons (Fsp3) is 0.308. The Labute approximate surface area is 207 Å². The van der Waals surface area contributed by atoms with Gasteiger partial charge in [-0.15, -0.1) is 0 Å². The molecule has 1 atom stereocenters. The van der Waals surface area contributed by atoms with E-state index in [4.69, 9.17) is 9.47 Å². The maximum Gasteiger partial charge on any atom is 0.408 e. The van der Waals surface area contributed by atoms with Gasteiger partial charge in [-0.3, -0.25) is 4.79 Å². The summed E-state index contributed by atoms with van der Waals surface area (Å²) in [4.78, 5) is 28.0. The number of hydrogen-bond donors (Lipinski definition) is 2. The van der Waals surface area contributed by atoms with Crippen LogP contribution < -0.4 is 20.3 Å². The largest absolute Gasteiger partial charge is 0.496 e. The molecule has 0 radical (unpaired) electrons. The number of nitrogens with zero attached hydrogens (tertiary/aromatic N) is 1. The Morgan fingerprint density at radius 2 is 1.88 bits per heavy atom. The summed E-state index contributed by atoms with van der Waals surface area (Å²) in [5, 5.41) is 8.03. The van der Waals surface area contributed by atoms with Crippen molar-refractivity contribution in [2.75, 3.05) is 23.9 Å². The van der Waals surface area contributed by atoms with Crippen molar-refractivity contribution >= 4 is 50.1 Å². The number of anilines is 2. The minimum atomic E-state index is -0.810. The normalized spacial score (nSPS) is 15.9. The number of hydrogen-bond acceptors (Lipinski definition) is 5. The Morgan fingerprint density at radius 1 is 1.12 bits per heavy atom. The highest BCUT2D eigenvalue weighted by Crippen LogP contribution is 2.36. The van der Waals surface area contributed by atoms with E-state index in [0.29, 0.717) is 5.75 Å². The van der Waals surface area contributed by atoms with Crippen LogP contribution in [0, 0.1) is 0 Å². The first kappa shape index (κ1) is 23.9. The first-order valence-corrected chi connectivity index (χ1v) is 11.8. The van der Waals surface area contributed by atoms with E-state index >= 15 is 0 Å². The molecule has 4 rings (SSSR count). The third-order valence-corrected chi connectivity index (χ3v) is 6.25. The molecule has 0 spiro atoms. The van der Waals surface area contributed by atoms with Crippen molar-refractivity contribution in [2.24, 2.45) is 0 Å². The lowest BCUT2D eigenvalue weighted by molar-refractivity contribution is -0.120. The summed E-state index contributed by atoms with van der Waals surface area (Å²) in [7, 11) is 1.62. The maximum atomic E-state index is 13.8. The molecule has 0 aromatic heterocycles. The molecule has 1 aliphatic rings. The average Bonchev–Trinajstić information content (AvgIpc) is 2.90. The van der Waals surface area contributed by atoms with Gasteiger partial charge in [0, 0.05) is 16.6 Å². The van der Waals surface area contributed by atoms with Crippen LogP contribution >= 0.6 is 15.9 Å². The van der Waals surface area contributed by atoms with E-state index in [1.165, 1.54) is 0 Å². The fourth-order valence-corrected chi connectivity index (χ4v) is 4.56. The van der Waals surface area contributed by atoms with Gasteiger partial charge in [-0.05, 0) is 61.9 Å². The SMILES string of the molecule is COc1ccc2c(Br)cccc2c1CN1C(=O)[C@@H](NC(=O)OC(C)(C)C)CNc2ccccc21. The number of halogens is 1. The lowest BCUT2D eigenvalue weighted by atomic mass is 10.0. The van der Waals surface area contributed by atoms with Gasteiger partial charge in [-0.2, -0.15) is 0 Å². The number of benzene rings is 3. The van der Waals surface area contributed by atoms with Crippen molar-refractivity contribution in [3.8, 4) is 5.75 Å². The summed E-state index contributed by atoms with van der Waals surface area (Å²) in [6.45, 7) is 5.86. The second-order valence-electron chi connectivity index (χ2n) is 9.10. The molecule has 8 heteroatoms. The lowest BCUT2D eigenvalue weighted by Gasteiger charge is -2.28. The minimum absolute atomic E-state index is 0.239. The highest BCUT2D eigenvalue weighted by atomic mass is 79.9. The van der Waals surface area contributed by atoms with Crippen LogP contribution in [0.3, 0.4) is 0 Å². The first-order valence-electron chi connectivity index (χ1n) is 11.1. The summed E-state index contributed by atoms with van der Waals surface area (Å²) < 4.78 is 12.0. The van der Waals surface area contributed by atoms with Crippen LogP contribution in [0.2, 0.25) is 0 Å². The number of fused-ring (bicyclic) bond motifs is 2. The van der Waals surface area contributed by atoms with Crippen LogP contribution in [0.25, 0.3) is 10.8 Å². The third kappa shape index (κ3) is 4.97. The van der Waals surface area contributed by atoms with Crippen LogP contribution in [-0.2, 0) is 16.1 Å². The van der Waals surface area contributed by atoms with Gasteiger partial charge in [0.1, 0.15) is 17.4 Å². The topological polar surface area (TPSA) is 79.9 Å². The highest BCUT2D eigenvalue weighted by molar-refractivity contribution is 9.10. The Bertz CT molecular complexity index is 1240. The number of para-hydroxylation sites is 2. The van der Waals surface area contributed by atoms with Gasteiger partial charge in [0.15, 0.2) is 0 Å².